The highest BCUT2D eigenvalue weighted by Gasteiger charge is 2.53. The molecule has 0 spiro atoms. The van der Waals surface area contributed by atoms with Crippen molar-refractivity contribution in [3.8, 4) is 0 Å². The zero-order valence-corrected chi connectivity index (χ0v) is 17.0. The third-order valence-electron chi connectivity index (χ3n) is 2.91. The van der Waals surface area contributed by atoms with E-state index in [-0.39, 0.29) is 5.12 Å². The van der Waals surface area contributed by atoms with Crippen molar-refractivity contribution in [1.82, 2.24) is 0 Å². The molecular formula is C14H30O8SSi. The Kier molecular flexibility index (Phi) is 15.2. The smallest absolute Gasteiger partial charge is 0.334 e. The Labute approximate surface area is 149 Å². The summed E-state index contributed by atoms with van der Waals surface area (Å²) in [7, 11) is -0.00553. The van der Waals surface area contributed by atoms with Gasteiger partial charge in [0.25, 0.3) is 0 Å². The van der Waals surface area contributed by atoms with Crippen LogP contribution in [0, 0.1) is 0 Å². The maximum Gasteiger partial charge on any atom is 0.765 e. The highest BCUT2D eigenvalue weighted by atomic mass is 32.2. The number of carbonyl (C=O) groups is 1. The van der Waals surface area contributed by atoms with Crippen LogP contribution >= 0.6 is 11.8 Å². The van der Waals surface area contributed by atoms with Crippen LogP contribution in [0.25, 0.3) is 0 Å². The molecule has 0 aliphatic rings. The van der Waals surface area contributed by atoms with E-state index in [9.17, 15) is 4.79 Å². The Morgan fingerprint density at radius 2 is 1.46 bits per heavy atom. The highest BCUT2D eigenvalue weighted by Crippen LogP contribution is 2.26. The summed E-state index contributed by atoms with van der Waals surface area (Å²) in [5, 5.41) is 0.0495. The molecule has 0 bridgehead atoms. The predicted molar refractivity (Wildman–Crippen MR) is 91.2 cm³/mol. The van der Waals surface area contributed by atoms with E-state index in [1.807, 2.05) is 6.92 Å². The molecule has 0 amide bonds. The summed E-state index contributed by atoms with van der Waals surface area (Å²) in [4.78, 5) is 25.9. The van der Waals surface area contributed by atoms with E-state index in [2.05, 4.69) is 21.6 Å². The van der Waals surface area contributed by atoms with Crippen LogP contribution in [0.15, 0.2) is 0 Å². The molecule has 0 N–H and O–H groups in total. The molecule has 0 aromatic carbocycles. The van der Waals surface area contributed by atoms with Gasteiger partial charge in [-0.05, 0) is 12.8 Å². The summed E-state index contributed by atoms with van der Waals surface area (Å²) >= 11 is 1.08. The van der Waals surface area contributed by atoms with Gasteiger partial charge in [-0.25, -0.2) is 14.7 Å². The molecule has 0 rings (SSSR count). The Morgan fingerprint density at radius 3 is 1.92 bits per heavy atom. The zero-order valence-electron chi connectivity index (χ0n) is 15.2. The van der Waals surface area contributed by atoms with Gasteiger partial charge < -0.3 is 4.43 Å². The fourth-order valence-corrected chi connectivity index (χ4v) is 4.41. The van der Waals surface area contributed by atoms with Crippen molar-refractivity contribution >= 4 is 25.9 Å². The molecule has 0 aromatic heterocycles. The summed E-state index contributed by atoms with van der Waals surface area (Å²) < 4.78 is 20.5. The van der Waals surface area contributed by atoms with Gasteiger partial charge >= 0.3 is 9.05 Å². The third-order valence-corrected chi connectivity index (χ3v) is 5.93. The molecule has 0 saturated heterocycles. The maximum atomic E-state index is 12.1. The van der Waals surface area contributed by atoms with Crippen molar-refractivity contribution in [3.63, 3.8) is 0 Å². The van der Waals surface area contributed by atoms with Gasteiger partial charge in [-0.1, -0.05) is 51.3 Å². The summed E-state index contributed by atoms with van der Waals surface area (Å²) in [6.07, 6.45) is 6.51. The number of unbranched alkanes of at least 4 members (excludes halogenated alkanes) is 4. The molecule has 0 radical (unpaired) electrons. The lowest BCUT2D eigenvalue weighted by molar-refractivity contribution is -0.371. The van der Waals surface area contributed by atoms with Crippen molar-refractivity contribution in [2.75, 3.05) is 21.3 Å². The second-order valence-corrected chi connectivity index (χ2v) is 7.81. The minimum atomic E-state index is -3.83. The van der Waals surface area contributed by atoms with E-state index < -0.39 is 14.5 Å². The number of carbonyl (C=O) groups excluding carboxylic acids is 1. The number of hydrogen-bond acceptors (Lipinski definition) is 9. The van der Waals surface area contributed by atoms with Gasteiger partial charge in [-0.3, -0.25) is 4.79 Å². The van der Waals surface area contributed by atoms with Crippen LogP contribution in [0.5, 0.6) is 0 Å². The standard InChI is InChI=1S/C14H30O8SSi/c1-6-8-9-10-11-12-13(15)23-14(7-2)19-24(20-16-3,21-17-4)22-18-5/h14H,6-12H2,1-5H3. The van der Waals surface area contributed by atoms with Crippen LogP contribution in [0.2, 0.25) is 0 Å². The van der Waals surface area contributed by atoms with Crippen molar-refractivity contribution in [2.45, 2.75) is 64.2 Å². The van der Waals surface area contributed by atoms with E-state index in [0.29, 0.717) is 12.8 Å². The van der Waals surface area contributed by atoms with Crippen molar-refractivity contribution < 1.29 is 37.6 Å². The Hall–Kier alpha value is -0.0431. The fourth-order valence-electron chi connectivity index (χ4n) is 1.84. The molecule has 144 valence electrons. The van der Waals surface area contributed by atoms with Gasteiger partial charge in [0.15, 0.2) is 5.12 Å². The first-order valence-corrected chi connectivity index (χ1v) is 10.6. The third kappa shape index (κ3) is 10.7. The lowest BCUT2D eigenvalue weighted by Gasteiger charge is -2.26. The molecule has 10 heteroatoms. The van der Waals surface area contributed by atoms with Crippen molar-refractivity contribution in [1.29, 1.82) is 0 Å². The Balaban J connectivity index is 4.48. The van der Waals surface area contributed by atoms with Crippen molar-refractivity contribution in [3.05, 3.63) is 0 Å². The monoisotopic (exact) mass is 386 g/mol. The highest BCUT2D eigenvalue weighted by molar-refractivity contribution is 8.14. The normalized spacial score (nSPS) is 13.2. The van der Waals surface area contributed by atoms with Crippen LogP contribution in [0.3, 0.4) is 0 Å². The first kappa shape index (κ1) is 24.0. The molecule has 24 heavy (non-hydrogen) atoms. The Bertz CT molecular complexity index is 304. The predicted octanol–water partition coefficient (Wildman–Crippen LogP) is 3.53. The van der Waals surface area contributed by atoms with Gasteiger partial charge in [0.05, 0.1) is 21.3 Å². The number of hydrogen-bond donors (Lipinski definition) is 0. The van der Waals surface area contributed by atoms with Crippen LogP contribution in [-0.2, 0) is 37.6 Å². The van der Waals surface area contributed by atoms with Crippen LogP contribution < -0.4 is 0 Å². The summed E-state index contributed by atoms with van der Waals surface area (Å²) in [6.45, 7) is 4.03. The maximum absolute atomic E-state index is 12.1. The second-order valence-electron chi connectivity index (χ2n) is 4.86. The average Bonchev–Trinajstić information content (AvgIpc) is 2.54. The van der Waals surface area contributed by atoms with E-state index >= 15 is 0 Å². The topological polar surface area (TPSA) is 81.7 Å². The molecule has 0 saturated carbocycles. The number of thioether (sulfide) groups is 1. The van der Waals surface area contributed by atoms with E-state index in [1.165, 1.54) is 34.2 Å². The van der Waals surface area contributed by atoms with Gasteiger partial charge in [0.1, 0.15) is 5.44 Å². The minimum absolute atomic E-state index is 0.0495. The van der Waals surface area contributed by atoms with Crippen LogP contribution in [-0.4, -0.2) is 40.9 Å². The van der Waals surface area contributed by atoms with Crippen LogP contribution in [0.1, 0.15) is 58.8 Å². The molecule has 1 atom stereocenters. The fraction of sp³-hybridized carbons (Fsp3) is 0.929. The van der Waals surface area contributed by atoms with E-state index in [4.69, 9.17) is 18.2 Å². The van der Waals surface area contributed by atoms with Gasteiger partial charge in [-0.15, -0.1) is 0 Å². The molecule has 0 aliphatic carbocycles. The largest absolute Gasteiger partial charge is 0.765 e. The molecule has 1 unspecified atom stereocenters. The molecule has 0 heterocycles. The SMILES string of the molecule is CCCCCCCC(=O)SC(CC)O[Si](OOC)(OOC)OOC. The minimum Gasteiger partial charge on any atom is -0.334 e. The summed E-state index contributed by atoms with van der Waals surface area (Å²) in [5.74, 6) is 0. The lowest BCUT2D eigenvalue weighted by Crippen LogP contribution is -2.50. The molecule has 0 aromatic rings. The number of rotatable bonds is 16. The zero-order chi connectivity index (χ0) is 18.3. The van der Waals surface area contributed by atoms with E-state index in [1.54, 1.807) is 0 Å². The first-order chi connectivity index (χ1) is 11.6. The molecular weight excluding hydrogens is 356 g/mol. The Morgan fingerprint density at radius 1 is 0.917 bits per heavy atom. The van der Waals surface area contributed by atoms with Gasteiger partial charge in [-0.2, -0.15) is 13.7 Å². The van der Waals surface area contributed by atoms with Gasteiger partial charge in [0, 0.05) is 6.42 Å². The van der Waals surface area contributed by atoms with Gasteiger partial charge in [0.2, 0.25) is 0 Å². The van der Waals surface area contributed by atoms with E-state index in [0.717, 1.165) is 31.0 Å². The average molecular weight is 387 g/mol. The lowest BCUT2D eigenvalue weighted by atomic mass is 10.1. The molecule has 0 aliphatic heterocycles. The summed E-state index contributed by atoms with van der Waals surface area (Å²) in [6, 6.07) is 0. The van der Waals surface area contributed by atoms with Crippen molar-refractivity contribution in [2.24, 2.45) is 0 Å². The first-order valence-electron chi connectivity index (χ1n) is 8.10. The summed E-state index contributed by atoms with van der Waals surface area (Å²) in [5.41, 5.74) is -0.528. The quantitative estimate of drug-likeness (QED) is 0.130. The van der Waals surface area contributed by atoms with Crippen LogP contribution in [0.4, 0.5) is 0 Å². The molecule has 8 nitrogen and oxygen atoms in total. The molecule has 0 fully saturated rings. The second kappa shape index (κ2) is 15.2.